The van der Waals surface area contributed by atoms with Gasteiger partial charge in [-0.25, -0.2) is 0 Å². The summed E-state index contributed by atoms with van der Waals surface area (Å²) in [6, 6.07) is 0. The molecular formula is C14H31N3O2S. The van der Waals surface area contributed by atoms with Gasteiger partial charge >= 0.3 is 0 Å². The van der Waals surface area contributed by atoms with Gasteiger partial charge in [0.25, 0.3) is 10.2 Å². The molecule has 0 amide bonds. The van der Waals surface area contributed by atoms with Gasteiger partial charge < -0.3 is 5.73 Å². The van der Waals surface area contributed by atoms with Gasteiger partial charge in [-0.2, -0.15) is 17.4 Å². The second-order valence-electron chi connectivity index (χ2n) is 6.01. The van der Waals surface area contributed by atoms with Crippen LogP contribution in [0.2, 0.25) is 0 Å². The maximum Gasteiger partial charge on any atom is 0.280 e. The van der Waals surface area contributed by atoms with E-state index in [0.717, 1.165) is 38.5 Å². The molecular weight excluding hydrogens is 274 g/mol. The Morgan fingerprint density at radius 2 is 1.85 bits per heavy atom. The van der Waals surface area contributed by atoms with Crippen LogP contribution in [0.1, 0.15) is 59.3 Å². The van der Waals surface area contributed by atoms with Crippen molar-refractivity contribution in [2.45, 2.75) is 64.8 Å². The second kappa shape index (κ2) is 7.73. The third kappa shape index (κ3) is 4.16. The Hall–Kier alpha value is -0.170. The van der Waals surface area contributed by atoms with Gasteiger partial charge in [0.15, 0.2) is 0 Å². The summed E-state index contributed by atoms with van der Waals surface area (Å²) in [5, 5.41) is 0. The van der Waals surface area contributed by atoms with Crippen LogP contribution in [0.3, 0.4) is 0 Å². The van der Waals surface area contributed by atoms with Gasteiger partial charge in [0.2, 0.25) is 0 Å². The van der Waals surface area contributed by atoms with Crippen LogP contribution < -0.4 is 10.5 Å². The molecule has 3 N–H and O–H groups in total. The molecule has 0 aliphatic heterocycles. The summed E-state index contributed by atoms with van der Waals surface area (Å²) in [6.45, 7) is 7.62. The minimum Gasteiger partial charge on any atom is -0.329 e. The first-order valence-electron chi connectivity index (χ1n) is 7.91. The number of nitrogens with one attached hydrogen (secondary N) is 1. The van der Waals surface area contributed by atoms with E-state index in [1.165, 1.54) is 0 Å². The number of nitrogens with zero attached hydrogens (tertiary/aromatic N) is 1. The van der Waals surface area contributed by atoms with Crippen molar-refractivity contribution in [3.63, 3.8) is 0 Å². The number of hydrogen-bond acceptors (Lipinski definition) is 3. The molecule has 0 aromatic carbocycles. The Labute approximate surface area is 124 Å². The van der Waals surface area contributed by atoms with Crippen molar-refractivity contribution in [1.82, 2.24) is 9.03 Å². The number of nitrogens with two attached hydrogens (primary N) is 1. The lowest BCUT2D eigenvalue weighted by molar-refractivity contribution is 0.187. The Balaban J connectivity index is 2.90. The summed E-state index contributed by atoms with van der Waals surface area (Å²) in [4.78, 5) is 0. The van der Waals surface area contributed by atoms with E-state index in [1.54, 1.807) is 4.31 Å². The quantitative estimate of drug-likeness (QED) is 0.718. The van der Waals surface area contributed by atoms with Crippen LogP contribution in [-0.4, -0.2) is 37.9 Å². The van der Waals surface area contributed by atoms with E-state index in [2.05, 4.69) is 11.6 Å². The molecule has 0 bridgehead atoms. The standard InChI is InChI=1S/C14H31N3O2S/c1-4-10-17(11-5-2)20(18,19)16-14(12-15)9-7-6-8-13(14)3/h13,16H,4-12,15H2,1-3H3. The van der Waals surface area contributed by atoms with Crippen LogP contribution in [0.4, 0.5) is 0 Å². The maximum absolute atomic E-state index is 12.6. The van der Waals surface area contributed by atoms with Crippen molar-refractivity contribution in [3.05, 3.63) is 0 Å². The Kier molecular flexibility index (Phi) is 6.91. The summed E-state index contributed by atoms with van der Waals surface area (Å²) >= 11 is 0. The smallest absolute Gasteiger partial charge is 0.280 e. The summed E-state index contributed by atoms with van der Waals surface area (Å²) in [5.74, 6) is 0.293. The zero-order valence-electron chi connectivity index (χ0n) is 13.2. The molecule has 0 heterocycles. The van der Waals surface area contributed by atoms with E-state index in [4.69, 9.17) is 5.73 Å². The van der Waals surface area contributed by atoms with E-state index in [0.29, 0.717) is 25.6 Å². The van der Waals surface area contributed by atoms with Gasteiger partial charge in [-0.05, 0) is 31.6 Å². The highest BCUT2D eigenvalue weighted by molar-refractivity contribution is 7.87. The number of rotatable bonds is 8. The van der Waals surface area contributed by atoms with Crippen LogP contribution in [0.15, 0.2) is 0 Å². The Morgan fingerprint density at radius 3 is 2.30 bits per heavy atom. The molecule has 20 heavy (non-hydrogen) atoms. The normalized spacial score (nSPS) is 27.9. The zero-order chi connectivity index (χ0) is 15.2. The fourth-order valence-electron chi connectivity index (χ4n) is 3.08. The van der Waals surface area contributed by atoms with E-state index in [-0.39, 0.29) is 0 Å². The third-order valence-corrected chi connectivity index (χ3v) is 6.15. The summed E-state index contributed by atoms with van der Waals surface area (Å²) in [5.41, 5.74) is 5.48. The van der Waals surface area contributed by atoms with Gasteiger partial charge in [0, 0.05) is 25.2 Å². The monoisotopic (exact) mass is 305 g/mol. The lowest BCUT2D eigenvalue weighted by Crippen LogP contribution is -2.61. The lowest BCUT2D eigenvalue weighted by atomic mass is 9.74. The Morgan fingerprint density at radius 1 is 1.25 bits per heavy atom. The van der Waals surface area contributed by atoms with Gasteiger partial charge in [0.05, 0.1) is 0 Å². The van der Waals surface area contributed by atoms with Gasteiger partial charge in [-0.3, -0.25) is 0 Å². The van der Waals surface area contributed by atoms with Crippen LogP contribution in [0, 0.1) is 5.92 Å². The van der Waals surface area contributed by atoms with Crippen molar-refractivity contribution in [2.24, 2.45) is 11.7 Å². The van der Waals surface area contributed by atoms with Crippen LogP contribution in [0.25, 0.3) is 0 Å². The highest BCUT2D eigenvalue weighted by Crippen LogP contribution is 2.33. The predicted octanol–water partition coefficient (Wildman–Crippen LogP) is 1.85. The largest absolute Gasteiger partial charge is 0.329 e. The molecule has 2 unspecified atom stereocenters. The van der Waals surface area contributed by atoms with E-state index in [1.807, 2.05) is 13.8 Å². The predicted molar refractivity (Wildman–Crippen MR) is 83.6 cm³/mol. The number of hydrogen-bond donors (Lipinski definition) is 2. The van der Waals surface area contributed by atoms with Gasteiger partial charge in [-0.15, -0.1) is 0 Å². The molecule has 0 spiro atoms. The molecule has 5 nitrogen and oxygen atoms in total. The first kappa shape index (κ1) is 17.9. The van der Waals surface area contributed by atoms with Crippen LogP contribution in [0.5, 0.6) is 0 Å². The fourth-order valence-corrected chi connectivity index (χ4v) is 4.96. The lowest BCUT2D eigenvalue weighted by Gasteiger charge is -2.43. The van der Waals surface area contributed by atoms with E-state index in [9.17, 15) is 8.42 Å². The molecule has 120 valence electrons. The van der Waals surface area contributed by atoms with Crippen LogP contribution in [-0.2, 0) is 10.2 Å². The van der Waals surface area contributed by atoms with Gasteiger partial charge in [-0.1, -0.05) is 33.6 Å². The SMILES string of the molecule is CCCN(CCC)S(=O)(=O)NC1(CN)CCCCC1C. The molecule has 0 aromatic heterocycles. The molecule has 1 fully saturated rings. The fraction of sp³-hybridized carbons (Fsp3) is 1.00. The van der Waals surface area contributed by atoms with Crippen molar-refractivity contribution >= 4 is 10.2 Å². The third-order valence-electron chi connectivity index (χ3n) is 4.44. The molecule has 2 atom stereocenters. The minimum absolute atomic E-state index is 0.293. The van der Waals surface area contributed by atoms with E-state index >= 15 is 0 Å². The summed E-state index contributed by atoms with van der Waals surface area (Å²) < 4.78 is 29.8. The van der Waals surface area contributed by atoms with Crippen molar-refractivity contribution < 1.29 is 8.42 Å². The van der Waals surface area contributed by atoms with Crippen molar-refractivity contribution in [2.75, 3.05) is 19.6 Å². The molecule has 0 radical (unpaired) electrons. The molecule has 1 aliphatic rings. The zero-order valence-corrected chi connectivity index (χ0v) is 14.0. The van der Waals surface area contributed by atoms with Crippen molar-refractivity contribution in [1.29, 1.82) is 0 Å². The molecule has 0 saturated heterocycles. The Bertz CT molecular complexity index is 380. The van der Waals surface area contributed by atoms with Crippen molar-refractivity contribution in [3.8, 4) is 0 Å². The first-order chi connectivity index (χ1) is 9.41. The first-order valence-corrected chi connectivity index (χ1v) is 9.35. The molecule has 1 aliphatic carbocycles. The molecule has 1 rings (SSSR count). The van der Waals surface area contributed by atoms with Gasteiger partial charge in [0.1, 0.15) is 0 Å². The topological polar surface area (TPSA) is 75.4 Å². The molecule has 0 aromatic rings. The highest BCUT2D eigenvalue weighted by Gasteiger charge is 2.41. The average molecular weight is 305 g/mol. The maximum atomic E-state index is 12.6. The summed E-state index contributed by atoms with van der Waals surface area (Å²) in [6.07, 6.45) is 5.75. The molecule has 6 heteroatoms. The van der Waals surface area contributed by atoms with E-state index < -0.39 is 15.7 Å². The van der Waals surface area contributed by atoms with Crippen LogP contribution >= 0.6 is 0 Å². The highest BCUT2D eigenvalue weighted by atomic mass is 32.2. The second-order valence-corrected chi connectivity index (χ2v) is 7.68. The summed E-state index contributed by atoms with van der Waals surface area (Å²) in [7, 11) is -3.45. The minimum atomic E-state index is -3.45. The average Bonchev–Trinajstić information content (AvgIpc) is 2.41. The molecule has 1 saturated carbocycles.